The van der Waals surface area contributed by atoms with Crippen LogP contribution in [0.25, 0.3) is 0 Å². The van der Waals surface area contributed by atoms with Gasteiger partial charge >= 0.3 is 0 Å². The molecule has 3 aromatic rings. The van der Waals surface area contributed by atoms with E-state index in [4.69, 9.17) is 10.00 Å². The highest BCUT2D eigenvalue weighted by Gasteiger charge is 2.17. The Morgan fingerprint density at radius 1 is 0.893 bits per heavy atom. The molecule has 142 valence electrons. The number of nitrogens with one attached hydrogen (secondary N) is 2. The van der Waals surface area contributed by atoms with Crippen LogP contribution in [0, 0.1) is 18.3 Å². The molecule has 0 amide bonds. The number of aryl methyl sites for hydroxylation is 1. The summed E-state index contributed by atoms with van der Waals surface area (Å²) in [6, 6.07) is 20.9. The minimum absolute atomic E-state index is 0.202. The van der Waals surface area contributed by atoms with Crippen molar-refractivity contribution in [1.29, 1.82) is 5.26 Å². The van der Waals surface area contributed by atoms with E-state index in [2.05, 4.69) is 16.1 Å². The Kier molecular flexibility index (Phi) is 5.52. The molecule has 0 bridgehead atoms. The third-order valence-electron chi connectivity index (χ3n) is 4.11. The fraction of sp³-hybridized carbons (Fsp3) is 0.0952. The molecule has 6 nitrogen and oxygen atoms in total. The van der Waals surface area contributed by atoms with E-state index in [0.29, 0.717) is 22.6 Å². The van der Waals surface area contributed by atoms with Crippen LogP contribution in [0.4, 0.5) is 17.1 Å². The summed E-state index contributed by atoms with van der Waals surface area (Å²) < 4.78 is 33.0. The predicted octanol–water partition coefficient (Wildman–Crippen LogP) is 4.42. The van der Waals surface area contributed by atoms with Gasteiger partial charge in [0.1, 0.15) is 5.75 Å². The lowest BCUT2D eigenvalue weighted by Crippen LogP contribution is -2.14. The molecule has 0 aliphatic heterocycles. The van der Waals surface area contributed by atoms with Gasteiger partial charge in [0, 0.05) is 17.1 Å². The zero-order valence-corrected chi connectivity index (χ0v) is 16.2. The molecule has 0 heterocycles. The molecule has 0 aromatic heterocycles. The van der Waals surface area contributed by atoms with Crippen LogP contribution in [0.3, 0.4) is 0 Å². The summed E-state index contributed by atoms with van der Waals surface area (Å²) in [6.07, 6.45) is 0. The van der Waals surface area contributed by atoms with E-state index in [1.54, 1.807) is 55.5 Å². The van der Waals surface area contributed by atoms with Crippen molar-refractivity contribution < 1.29 is 13.2 Å². The highest BCUT2D eigenvalue weighted by atomic mass is 32.2. The van der Waals surface area contributed by atoms with Gasteiger partial charge in [-0.2, -0.15) is 5.26 Å². The SMILES string of the molecule is COc1ccc(S(=O)(=O)Nc2ccc(Nc3ccc(C#N)cc3)cc2)c(C)c1. The number of anilines is 3. The molecule has 0 fully saturated rings. The van der Waals surface area contributed by atoms with Crippen molar-refractivity contribution in [3.63, 3.8) is 0 Å². The molecule has 0 unspecified atom stereocenters. The van der Waals surface area contributed by atoms with Gasteiger partial charge in [0.2, 0.25) is 0 Å². The van der Waals surface area contributed by atoms with Gasteiger partial charge in [-0.25, -0.2) is 8.42 Å². The van der Waals surface area contributed by atoms with Gasteiger partial charge < -0.3 is 10.1 Å². The number of hydrogen-bond acceptors (Lipinski definition) is 5. The number of benzene rings is 3. The second kappa shape index (κ2) is 8.03. The second-order valence-electron chi connectivity index (χ2n) is 6.13. The van der Waals surface area contributed by atoms with E-state index in [1.165, 1.54) is 13.2 Å². The first-order valence-electron chi connectivity index (χ1n) is 8.46. The number of nitrogens with zero attached hydrogens (tertiary/aromatic N) is 1. The van der Waals surface area contributed by atoms with Crippen LogP contribution in [0.15, 0.2) is 71.6 Å². The summed E-state index contributed by atoms with van der Waals surface area (Å²) in [6.45, 7) is 1.72. The van der Waals surface area contributed by atoms with E-state index in [0.717, 1.165) is 11.4 Å². The van der Waals surface area contributed by atoms with Gasteiger partial charge in [-0.1, -0.05) is 0 Å². The van der Waals surface area contributed by atoms with Crippen LogP contribution in [-0.2, 0) is 10.0 Å². The smallest absolute Gasteiger partial charge is 0.262 e. The summed E-state index contributed by atoms with van der Waals surface area (Å²) in [4.78, 5) is 0.202. The lowest BCUT2D eigenvalue weighted by atomic mass is 10.2. The van der Waals surface area contributed by atoms with E-state index in [-0.39, 0.29) is 4.90 Å². The van der Waals surface area contributed by atoms with Crippen LogP contribution in [0.5, 0.6) is 5.75 Å². The molecule has 0 aliphatic carbocycles. The average Bonchev–Trinajstić information content (AvgIpc) is 2.69. The molecular weight excluding hydrogens is 374 g/mol. The van der Waals surface area contributed by atoms with Crippen LogP contribution in [0.2, 0.25) is 0 Å². The normalized spacial score (nSPS) is 10.8. The minimum Gasteiger partial charge on any atom is -0.497 e. The van der Waals surface area contributed by atoms with Crippen LogP contribution in [-0.4, -0.2) is 15.5 Å². The lowest BCUT2D eigenvalue weighted by Gasteiger charge is -2.12. The fourth-order valence-corrected chi connectivity index (χ4v) is 3.96. The summed E-state index contributed by atoms with van der Waals surface area (Å²) in [5.41, 5.74) is 3.28. The molecule has 0 saturated carbocycles. The van der Waals surface area contributed by atoms with E-state index in [9.17, 15) is 8.42 Å². The van der Waals surface area contributed by atoms with Gasteiger partial charge in [-0.3, -0.25) is 4.72 Å². The van der Waals surface area contributed by atoms with Crippen LogP contribution >= 0.6 is 0 Å². The van der Waals surface area contributed by atoms with Crippen LogP contribution in [0.1, 0.15) is 11.1 Å². The third-order valence-corrected chi connectivity index (χ3v) is 5.65. The van der Waals surface area contributed by atoms with Crippen molar-refractivity contribution in [2.45, 2.75) is 11.8 Å². The van der Waals surface area contributed by atoms with Crippen molar-refractivity contribution in [3.8, 4) is 11.8 Å². The molecule has 3 aromatic carbocycles. The van der Waals surface area contributed by atoms with Crippen molar-refractivity contribution >= 4 is 27.1 Å². The first-order chi connectivity index (χ1) is 13.4. The summed E-state index contributed by atoms with van der Waals surface area (Å²) >= 11 is 0. The Hall–Kier alpha value is -3.50. The zero-order valence-electron chi connectivity index (χ0n) is 15.4. The first kappa shape index (κ1) is 19.3. The van der Waals surface area contributed by atoms with E-state index in [1.807, 2.05) is 12.1 Å². The monoisotopic (exact) mass is 393 g/mol. The van der Waals surface area contributed by atoms with Gasteiger partial charge in [-0.15, -0.1) is 0 Å². The zero-order chi connectivity index (χ0) is 20.1. The van der Waals surface area contributed by atoms with Gasteiger partial charge in [-0.05, 0) is 79.2 Å². The van der Waals surface area contributed by atoms with E-state index >= 15 is 0 Å². The molecule has 2 N–H and O–H groups in total. The predicted molar refractivity (Wildman–Crippen MR) is 109 cm³/mol. The fourth-order valence-electron chi connectivity index (χ4n) is 2.68. The Morgan fingerprint density at radius 2 is 1.46 bits per heavy atom. The van der Waals surface area contributed by atoms with Gasteiger partial charge in [0.25, 0.3) is 10.0 Å². The van der Waals surface area contributed by atoms with Gasteiger partial charge in [0.05, 0.1) is 23.6 Å². The highest BCUT2D eigenvalue weighted by Crippen LogP contribution is 2.25. The van der Waals surface area contributed by atoms with Crippen molar-refractivity contribution in [3.05, 3.63) is 77.9 Å². The molecule has 0 aliphatic rings. The number of nitriles is 1. The molecule has 7 heteroatoms. The van der Waals surface area contributed by atoms with Gasteiger partial charge in [0.15, 0.2) is 0 Å². The molecule has 3 rings (SSSR count). The summed E-state index contributed by atoms with van der Waals surface area (Å²) in [5, 5.41) is 12.0. The maximum absolute atomic E-state index is 12.7. The third kappa shape index (κ3) is 4.42. The first-order valence-corrected chi connectivity index (χ1v) is 9.94. The quantitative estimate of drug-likeness (QED) is 0.647. The topological polar surface area (TPSA) is 91.2 Å². The highest BCUT2D eigenvalue weighted by molar-refractivity contribution is 7.92. The molecule has 28 heavy (non-hydrogen) atoms. The molecule has 0 radical (unpaired) electrons. The largest absolute Gasteiger partial charge is 0.497 e. The Bertz CT molecular complexity index is 1120. The number of rotatable bonds is 6. The summed E-state index contributed by atoms with van der Waals surface area (Å²) in [7, 11) is -2.17. The van der Waals surface area contributed by atoms with Crippen molar-refractivity contribution in [2.75, 3.05) is 17.1 Å². The Labute approximate surface area is 164 Å². The Balaban J connectivity index is 1.73. The van der Waals surface area contributed by atoms with Crippen molar-refractivity contribution in [2.24, 2.45) is 0 Å². The average molecular weight is 393 g/mol. The standard InChI is InChI=1S/C21H19N3O3S/c1-15-13-20(27-2)11-12-21(15)28(25,26)24-19-9-7-18(8-10-19)23-17-5-3-16(14-22)4-6-17/h3-13,23-24H,1-2H3. The lowest BCUT2D eigenvalue weighted by molar-refractivity contribution is 0.414. The molecule has 0 atom stereocenters. The Morgan fingerprint density at radius 3 is 2.00 bits per heavy atom. The molecular formula is C21H19N3O3S. The number of ether oxygens (including phenoxy) is 1. The maximum atomic E-state index is 12.7. The number of hydrogen-bond donors (Lipinski definition) is 2. The number of sulfonamides is 1. The minimum atomic E-state index is -3.71. The number of methoxy groups -OCH3 is 1. The molecule has 0 spiro atoms. The van der Waals surface area contributed by atoms with Crippen molar-refractivity contribution in [1.82, 2.24) is 0 Å². The van der Waals surface area contributed by atoms with E-state index < -0.39 is 10.0 Å². The molecule has 0 saturated heterocycles. The maximum Gasteiger partial charge on any atom is 0.262 e. The summed E-state index contributed by atoms with van der Waals surface area (Å²) in [5.74, 6) is 0.606. The van der Waals surface area contributed by atoms with Crippen LogP contribution < -0.4 is 14.8 Å². The second-order valence-corrected chi connectivity index (χ2v) is 7.78.